The van der Waals surface area contributed by atoms with E-state index in [0.717, 1.165) is 33.8 Å². The molecule has 0 aliphatic carbocycles. The smallest absolute Gasteiger partial charge is 0.344 e. The highest BCUT2D eigenvalue weighted by molar-refractivity contribution is 7.80. The van der Waals surface area contributed by atoms with Crippen molar-refractivity contribution in [1.82, 2.24) is 14.1 Å². The summed E-state index contributed by atoms with van der Waals surface area (Å²) < 4.78 is 13.7. The van der Waals surface area contributed by atoms with Crippen molar-refractivity contribution in [3.05, 3.63) is 88.3 Å². The van der Waals surface area contributed by atoms with Gasteiger partial charge in [0, 0.05) is 16.6 Å². The van der Waals surface area contributed by atoms with Crippen LogP contribution in [0.15, 0.2) is 75.9 Å². The first-order chi connectivity index (χ1) is 16.0. The number of carbonyl (C=O) groups is 1. The second kappa shape index (κ2) is 8.53. The molecule has 0 unspecified atom stereocenters. The number of hydrogen-bond acceptors (Lipinski definition) is 7. The number of rotatable bonds is 3. The average molecular weight is 473 g/mol. The lowest BCUT2D eigenvalue weighted by Gasteiger charge is -2.12. The third-order valence-electron chi connectivity index (χ3n) is 5.16. The largest absolute Gasteiger partial charge is 0.422 e. The fraction of sp³-hybridized carbons (Fsp3) is 0.0417. The number of aryl methyl sites for hydroxylation is 1. The van der Waals surface area contributed by atoms with Crippen molar-refractivity contribution in [3.8, 4) is 11.1 Å². The number of anilines is 1. The summed E-state index contributed by atoms with van der Waals surface area (Å²) in [6.07, 6.45) is 0. The van der Waals surface area contributed by atoms with Gasteiger partial charge in [0.25, 0.3) is 5.91 Å². The van der Waals surface area contributed by atoms with Crippen molar-refractivity contribution in [2.45, 2.75) is 6.92 Å². The molecule has 7 nitrogen and oxygen atoms in total. The van der Waals surface area contributed by atoms with Gasteiger partial charge in [-0.3, -0.25) is 10.1 Å². The predicted octanol–water partition coefficient (Wildman–Crippen LogP) is 4.90. The number of benzene rings is 3. The van der Waals surface area contributed by atoms with E-state index in [1.54, 1.807) is 30.3 Å². The van der Waals surface area contributed by atoms with Gasteiger partial charge in [-0.1, -0.05) is 24.3 Å². The van der Waals surface area contributed by atoms with Gasteiger partial charge in [0.15, 0.2) is 5.11 Å². The van der Waals surface area contributed by atoms with Crippen LogP contribution in [0, 0.1) is 6.92 Å². The van der Waals surface area contributed by atoms with Gasteiger partial charge in [-0.15, -0.1) is 0 Å². The summed E-state index contributed by atoms with van der Waals surface area (Å²) in [5, 5.41) is 6.69. The van der Waals surface area contributed by atoms with Crippen molar-refractivity contribution >= 4 is 62.7 Å². The SMILES string of the molecule is Cc1cc(NC(=S)NC(=O)c2ccc3nsnc3c2)ccc1-c1cc2ccccc2oc1=O. The molecule has 0 saturated heterocycles. The number of hydrogen-bond donors (Lipinski definition) is 2. The highest BCUT2D eigenvalue weighted by atomic mass is 32.1. The van der Waals surface area contributed by atoms with Gasteiger partial charge in [0.1, 0.15) is 16.6 Å². The number of nitrogens with one attached hydrogen (secondary N) is 2. The van der Waals surface area contributed by atoms with E-state index >= 15 is 0 Å². The molecule has 0 spiro atoms. The Morgan fingerprint density at radius 1 is 0.970 bits per heavy atom. The molecule has 162 valence electrons. The van der Waals surface area contributed by atoms with E-state index in [9.17, 15) is 9.59 Å². The summed E-state index contributed by atoms with van der Waals surface area (Å²) in [4.78, 5) is 25.0. The highest BCUT2D eigenvalue weighted by Crippen LogP contribution is 2.26. The second-order valence-corrected chi connectivity index (χ2v) is 8.33. The Kier molecular flexibility index (Phi) is 5.41. The molecule has 33 heavy (non-hydrogen) atoms. The second-order valence-electron chi connectivity index (χ2n) is 7.39. The summed E-state index contributed by atoms with van der Waals surface area (Å²) in [5.41, 5.74) is 4.80. The zero-order chi connectivity index (χ0) is 22.9. The van der Waals surface area contributed by atoms with Crippen LogP contribution < -0.4 is 16.3 Å². The minimum atomic E-state index is -0.396. The van der Waals surface area contributed by atoms with Crippen molar-refractivity contribution in [3.63, 3.8) is 0 Å². The van der Waals surface area contributed by atoms with E-state index in [4.69, 9.17) is 16.6 Å². The molecule has 2 aromatic heterocycles. The molecule has 0 aliphatic rings. The summed E-state index contributed by atoms with van der Waals surface area (Å²) in [6, 6.07) is 19.8. The zero-order valence-electron chi connectivity index (χ0n) is 17.3. The molecular weight excluding hydrogens is 456 g/mol. The van der Waals surface area contributed by atoms with Crippen LogP contribution in [-0.2, 0) is 0 Å². The number of thiocarbonyl (C=S) groups is 1. The quantitative estimate of drug-likeness (QED) is 0.285. The van der Waals surface area contributed by atoms with E-state index in [-0.39, 0.29) is 11.0 Å². The highest BCUT2D eigenvalue weighted by Gasteiger charge is 2.13. The van der Waals surface area contributed by atoms with Crippen LogP contribution in [-0.4, -0.2) is 19.8 Å². The minimum Gasteiger partial charge on any atom is -0.422 e. The molecule has 3 aromatic carbocycles. The third-order valence-corrected chi connectivity index (χ3v) is 5.92. The Morgan fingerprint density at radius 3 is 2.64 bits per heavy atom. The Morgan fingerprint density at radius 2 is 1.79 bits per heavy atom. The number of aromatic nitrogens is 2. The molecule has 0 aliphatic heterocycles. The third kappa shape index (κ3) is 4.23. The zero-order valence-corrected chi connectivity index (χ0v) is 18.9. The first kappa shape index (κ1) is 20.9. The maximum atomic E-state index is 12.5. The van der Waals surface area contributed by atoms with Crippen LogP contribution in [0.2, 0.25) is 0 Å². The molecule has 0 fully saturated rings. The lowest BCUT2D eigenvalue weighted by atomic mass is 10.0. The standard InChI is InChI=1S/C24H16N4O3S2/c1-13-10-16(7-8-17(13)18-11-14-4-2-3-5-21(14)31-23(18)30)25-24(32)26-22(29)15-6-9-19-20(12-15)28-33-27-19/h2-12H,1H3,(H2,25,26,29,32). The Balaban J connectivity index is 1.33. The Labute approximate surface area is 197 Å². The molecule has 1 amide bonds. The Hall–Kier alpha value is -3.95. The molecule has 5 aromatic rings. The number of carbonyl (C=O) groups excluding carboxylic acids is 1. The maximum Gasteiger partial charge on any atom is 0.344 e. The average Bonchev–Trinajstić information content (AvgIpc) is 3.27. The summed E-state index contributed by atoms with van der Waals surface area (Å²) in [5.74, 6) is -0.343. The molecule has 2 N–H and O–H groups in total. The molecule has 9 heteroatoms. The van der Waals surface area contributed by atoms with Crippen LogP contribution in [0.3, 0.4) is 0 Å². The van der Waals surface area contributed by atoms with E-state index in [2.05, 4.69) is 19.4 Å². The van der Waals surface area contributed by atoms with Crippen molar-refractivity contribution in [2.24, 2.45) is 0 Å². The molecule has 2 heterocycles. The van der Waals surface area contributed by atoms with Gasteiger partial charge < -0.3 is 9.73 Å². The molecule has 0 bridgehead atoms. The molecular formula is C24H16N4O3S2. The normalized spacial score (nSPS) is 10.9. The van der Waals surface area contributed by atoms with E-state index in [1.807, 2.05) is 43.3 Å². The van der Waals surface area contributed by atoms with E-state index in [1.165, 1.54) is 0 Å². The van der Waals surface area contributed by atoms with Crippen molar-refractivity contribution < 1.29 is 9.21 Å². The predicted molar refractivity (Wildman–Crippen MR) is 134 cm³/mol. The number of fused-ring (bicyclic) bond motifs is 2. The van der Waals surface area contributed by atoms with Crippen LogP contribution in [0.4, 0.5) is 5.69 Å². The van der Waals surface area contributed by atoms with Crippen molar-refractivity contribution in [2.75, 3.05) is 5.32 Å². The lowest BCUT2D eigenvalue weighted by Crippen LogP contribution is -2.34. The van der Waals surface area contributed by atoms with Gasteiger partial charge in [0.2, 0.25) is 0 Å². The number of amides is 1. The molecule has 5 rings (SSSR count). The lowest BCUT2D eigenvalue weighted by molar-refractivity contribution is 0.0978. The van der Waals surface area contributed by atoms with Gasteiger partial charge >= 0.3 is 5.63 Å². The van der Waals surface area contributed by atoms with Crippen LogP contribution in [0.25, 0.3) is 33.1 Å². The van der Waals surface area contributed by atoms with Crippen LogP contribution >= 0.6 is 23.9 Å². The van der Waals surface area contributed by atoms with Gasteiger partial charge in [-0.05, 0) is 72.7 Å². The van der Waals surface area contributed by atoms with Gasteiger partial charge in [0.05, 0.1) is 17.3 Å². The molecule has 0 saturated carbocycles. The number of nitrogens with zero attached hydrogens (tertiary/aromatic N) is 2. The van der Waals surface area contributed by atoms with Gasteiger partial charge in [-0.2, -0.15) is 8.75 Å². The van der Waals surface area contributed by atoms with E-state index < -0.39 is 5.63 Å². The maximum absolute atomic E-state index is 12.5. The summed E-state index contributed by atoms with van der Waals surface area (Å²) in [6.45, 7) is 1.90. The fourth-order valence-corrected chi connectivity index (χ4v) is 4.28. The van der Waals surface area contributed by atoms with E-state index in [0.29, 0.717) is 27.9 Å². The minimum absolute atomic E-state index is 0.161. The fourth-order valence-electron chi connectivity index (χ4n) is 3.55. The molecule has 0 radical (unpaired) electrons. The summed E-state index contributed by atoms with van der Waals surface area (Å²) >= 11 is 6.40. The first-order valence-corrected chi connectivity index (χ1v) is 11.1. The van der Waals surface area contributed by atoms with Crippen molar-refractivity contribution in [1.29, 1.82) is 0 Å². The van der Waals surface area contributed by atoms with Crippen LogP contribution in [0.5, 0.6) is 0 Å². The first-order valence-electron chi connectivity index (χ1n) is 9.96. The number of para-hydroxylation sites is 1. The Bertz CT molecular complexity index is 1610. The van der Waals surface area contributed by atoms with Crippen LogP contribution in [0.1, 0.15) is 15.9 Å². The monoisotopic (exact) mass is 472 g/mol. The van der Waals surface area contributed by atoms with Gasteiger partial charge in [-0.25, -0.2) is 4.79 Å². The topological polar surface area (TPSA) is 97.1 Å². The molecule has 0 atom stereocenters. The summed E-state index contributed by atoms with van der Waals surface area (Å²) in [7, 11) is 0.